The maximum Gasteiger partial charge on any atom is 0.0383 e. The summed E-state index contributed by atoms with van der Waals surface area (Å²) >= 11 is 0. The standard InChI is InChI=1S/C11H22N2/c1-9-5-3-4-7-11(9)10(12)6-8-13(11)2/h9-10H,3-8,12H2,1-2H3. The molecule has 2 rings (SSSR count). The first-order chi connectivity index (χ1) is 6.18. The number of hydrogen-bond acceptors (Lipinski definition) is 2. The molecule has 0 aromatic rings. The first kappa shape index (κ1) is 9.47. The van der Waals surface area contributed by atoms with Crippen LogP contribution in [0.4, 0.5) is 0 Å². The van der Waals surface area contributed by atoms with E-state index in [0.29, 0.717) is 11.6 Å². The normalized spacial score (nSPS) is 47.3. The molecular formula is C11H22N2. The van der Waals surface area contributed by atoms with Gasteiger partial charge in [-0.15, -0.1) is 0 Å². The van der Waals surface area contributed by atoms with Gasteiger partial charge in [0.2, 0.25) is 0 Å². The molecule has 1 heterocycles. The van der Waals surface area contributed by atoms with E-state index in [4.69, 9.17) is 5.73 Å². The Labute approximate surface area is 81.5 Å². The Morgan fingerprint density at radius 2 is 2.08 bits per heavy atom. The van der Waals surface area contributed by atoms with Gasteiger partial charge in [0.05, 0.1) is 0 Å². The van der Waals surface area contributed by atoms with Gasteiger partial charge in [0.15, 0.2) is 0 Å². The summed E-state index contributed by atoms with van der Waals surface area (Å²) in [5.74, 6) is 0.795. The van der Waals surface area contributed by atoms with Crippen LogP contribution < -0.4 is 5.73 Å². The van der Waals surface area contributed by atoms with E-state index in [2.05, 4.69) is 18.9 Å². The van der Waals surface area contributed by atoms with Gasteiger partial charge in [-0.1, -0.05) is 19.8 Å². The van der Waals surface area contributed by atoms with Gasteiger partial charge in [-0.05, 0) is 32.2 Å². The maximum atomic E-state index is 6.28. The van der Waals surface area contributed by atoms with E-state index in [9.17, 15) is 0 Å². The summed E-state index contributed by atoms with van der Waals surface area (Å²) in [6.07, 6.45) is 6.68. The zero-order chi connectivity index (χ0) is 9.47. The Kier molecular flexibility index (Phi) is 2.37. The van der Waals surface area contributed by atoms with Crippen molar-refractivity contribution >= 4 is 0 Å². The molecule has 0 amide bonds. The predicted molar refractivity (Wildman–Crippen MR) is 55.6 cm³/mol. The van der Waals surface area contributed by atoms with Crippen molar-refractivity contribution in [2.75, 3.05) is 13.6 Å². The van der Waals surface area contributed by atoms with E-state index in [0.717, 1.165) is 5.92 Å². The fraction of sp³-hybridized carbons (Fsp3) is 1.00. The second kappa shape index (κ2) is 3.25. The Balaban J connectivity index is 2.23. The van der Waals surface area contributed by atoms with Gasteiger partial charge >= 0.3 is 0 Å². The highest BCUT2D eigenvalue weighted by Gasteiger charge is 2.49. The van der Waals surface area contributed by atoms with Crippen LogP contribution in [0.25, 0.3) is 0 Å². The molecule has 1 spiro atoms. The van der Waals surface area contributed by atoms with Gasteiger partial charge in [-0.25, -0.2) is 0 Å². The van der Waals surface area contributed by atoms with Crippen LogP contribution in [-0.2, 0) is 0 Å². The molecule has 76 valence electrons. The number of likely N-dealkylation sites (N-methyl/N-ethyl adjacent to an activating group) is 1. The summed E-state index contributed by atoms with van der Waals surface area (Å²) in [7, 11) is 2.26. The summed E-state index contributed by atoms with van der Waals surface area (Å²) in [6.45, 7) is 3.59. The van der Waals surface area contributed by atoms with Crippen molar-refractivity contribution in [2.45, 2.75) is 50.6 Å². The van der Waals surface area contributed by atoms with E-state index >= 15 is 0 Å². The van der Waals surface area contributed by atoms with Crippen molar-refractivity contribution in [2.24, 2.45) is 11.7 Å². The molecule has 2 nitrogen and oxygen atoms in total. The SMILES string of the molecule is CC1CCCCC12C(N)CCN2C. The lowest BCUT2D eigenvalue weighted by atomic mass is 9.70. The van der Waals surface area contributed by atoms with Gasteiger partial charge in [0.25, 0.3) is 0 Å². The molecule has 0 aromatic heterocycles. The zero-order valence-electron chi connectivity index (χ0n) is 8.92. The molecule has 3 atom stereocenters. The number of rotatable bonds is 0. The fourth-order valence-corrected chi connectivity index (χ4v) is 3.55. The summed E-state index contributed by atoms with van der Waals surface area (Å²) in [5, 5.41) is 0. The Bertz CT molecular complexity index is 181. The van der Waals surface area contributed by atoms with E-state index in [1.54, 1.807) is 0 Å². The van der Waals surface area contributed by atoms with E-state index in [1.807, 2.05) is 0 Å². The van der Waals surface area contributed by atoms with Crippen molar-refractivity contribution < 1.29 is 0 Å². The quantitative estimate of drug-likeness (QED) is 0.616. The van der Waals surface area contributed by atoms with Gasteiger partial charge in [-0.3, -0.25) is 4.90 Å². The van der Waals surface area contributed by atoms with E-state index < -0.39 is 0 Å². The van der Waals surface area contributed by atoms with Crippen molar-refractivity contribution in [1.29, 1.82) is 0 Å². The summed E-state index contributed by atoms with van der Waals surface area (Å²) in [6, 6.07) is 0.424. The van der Waals surface area contributed by atoms with Gasteiger partial charge in [-0.2, -0.15) is 0 Å². The lowest BCUT2D eigenvalue weighted by Crippen LogP contribution is -2.57. The van der Waals surface area contributed by atoms with Crippen molar-refractivity contribution in [3.8, 4) is 0 Å². The molecule has 1 saturated heterocycles. The summed E-state index contributed by atoms with van der Waals surface area (Å²) < 4.78 is 0. The molecule has 1 aliphatic carbocycles. The van der Waals surface area contributed by atoms with Gasteiger partial charge in [0, 0.05) is 18.1 Å². The summed E-state index contributed by atoms with van der Waals surface area (Å²) in [5.41, 5.74) is 6.64. The minimum atomic E-state index is 0.359. The molecule has 13 heavy (non-hydrogen) atoms. The Hall–Kier alpha value is -0.0800. The van der Waals surface area contributed by atoms with Crippen LogP contribution in [0.2, 0.25) is 0 Å². The fourth-order valence-electron chi connectivity index (χ4n) is 3.55. The zero-order valence-corrected chi connectivity index (χ0v) is 8.92. The third-order valence-electron chi connectivity index (χ3n) is 4.45. The number of nitrogens with zero attached hydrogens (tertiary/aromatic N) is 1. The molecule has 2 N–H and O–H groups in total. The third-order valence-corrected chi connectivity index (χ3v) is 4.45. The number of likely N-dealkylation sites (tertiary alicyclic amines) is 1. The van der Waals surface area contributed by atoms with Crippen molar-refractivity contribution in [3.05, 3.63) is 0 Å². The third kappa shape index (κ3) is 1.23. The lowest BCUT2D eigenvalue weighted by Gasteiger charge is -2.47. The highest BCUT2D eigenvalue weighted by molar-refractivity contribution is 5.07. The molecule has 3 unspecified atom stereocenters. The minimum Gasteiger partial charge on any atom is -0.326 e. The summed E-state index contributed by atoms with van der Waals surface area (Å²) in [4.78, 5) is 2.53. The second-order valence-electron chi connectivity index (χ2n) is 4.95. The average molecular weight is 182 g/mol. The van der Waals surface area contributed by atoms with Crippen LogP contribution in [0.5, 0.6) is 0 Å². The maximum absolute atomic E-state index is 6.28. The van der Waals surface area contributed by atoms with Crippen LogP contribution in [0.15, 0.2) is 0 Å². The highest BCUT2D eigenvalue weighted by atomic mass is 15.2. The van der Waals surface area contributed by atoms with Crippen LogP contribution in [0, 0.1) is 5.92 Å². The molecule has 0 aromatic carbocycles. The number of hydrogen-bond donors (Lipinski definition) is 1. The smallest absolute Gasteiger partial charge is 0.0383 e. The highest BCUT2D eigenvalue weighted by Crippen LogP contribution is 2.43. The Morgan fingerprint density at radius 3 is 2.62 bits per heavy atom. The first-order valence-corrected chi connectivity index (χ1v) is 5.65. The second-order valence-corrected chi connectivity index (χ2v) is 4.95. The van der Waals surface area contributed by atoms with Gasteiger partial charge in [0.1, 0.15) is 0 Å². The Morgan fingerprint density at radius 1 is 1.31 bits per heavy atom. The van der Waals surface area contributed by atoms with Crippen LogP contribution in [0.3, 0.4) is 0 Å². The average Bonchev–Trinajstić information content (AvgIpc) is 2.39. The topological polar surface area (TPSA) is 29.3 Å². The van der Waals surface area contributed by atoms with Crippen LogP contribution in [0.1, 0.15) is 39.0 Å². The minimum absolute atomic E-state index is 0.359. The lowest BCUT2D eigenvalue weighted by molar-refractivity contribution is 0.0516. The molecule has 2 heteroatoms. The predicted octanol–water partition coefficient (Wildman–Crippen LogP) is 1.60. The van der Waals surface area contributed by atoms with Crippen LogP contribution in [-0.4, -0.2) is 30.1 Å². The first-order valence-electron chi connectivity index (χ1n) is 5.65. The van der Waals surface area contributed by atoms with Crippen LogP contribution >= 0.6 is 0 Å². The molecule has 1 aliphatic heterocycles. The molecular weight excluding hydrogens is 160 g/mol. The largest absolute Gasteiger partial charge is 0.326 e. The molecule has 2 aliphatic rings. The van der Waals surface area contributed by atoms with Crippen molar-refractivity contribution in [3.63, 3.8) is 0 Å². The molecule has 1 saturated carbocycles. The number of nitrogens with two attached hydrogens (primary N) is 1. The molecule has 2 fully saturated rings. The van der Waals surface area contributed by atoms with E-state index in [-0.39, 0.29) is 0 Å². The molecule has 0 radical (unpaired) electrons. The monoisotopic (exact) mass is 182 g/mol. The van der Waals surface area contributed by atoms with Crippen molar-refractivity contribution in [1.82, 2.24) is 4.90 Å². The molecule has 0 bridgehead atoms. The van der Waals surface area contributed by atoms with Gasteiger partial charge < -0.3 is 5.73 Å². The van der Waals surface area contributed by atoms with E-state index in [1.165, 1.54) is 38.6 Å².